The fourth-order valence-electron chi connectivity index (χ4n) is 2.12. The molecular weight excluding hydrogens is 329 g/mol. The van der Waals surface area contributed by atoms with Gasteiger partial charge in [-0.2, -0.15) is 0 Å². The molecule has 1 N–H and O–H groups in total. The number of ether oxygens (including phenoxy) is 1. The first kappa shape index (κ1) is 20.9. The molecule has 4 nitrogen and oxygen atoms in total. The van der Waals surface area contributed by atoms with Gasteiger partial charge < -0.3 is 9.29 Å². The zero-order valence-electron chi connectivity index (χ0n) is 15.5. The van der Waals surface area contributed by atoms with E-state index in [-0.39, 0.29) is 12.0 Å². The van der Waals surface area contributed by atoms with Crippen molar-refractivity contribution in [3.63, 3.8) is 0 Å². The van der Waals surface area contributed by atoms with Crippen LogP contribution < -0.4 is 4.72 Å². The summed E-state index contributed by atoms with van der Waals surface area (Å²) in [6.07, 6.45) is -0.132. The molecule has 136 valence electrons. The highest BCUT2D eigenvalue weighted by molar-refractivity contribution is 7.90. The van der Waals surface area contributed by atoms with Crippen molar-refractivity contribution in [3.8, 4) is 0 Å². The summed E-state index contributed by atoms with van der Waals surface area (Å²) in [6.45, 7) is 12.4. The van der Waals surface area contributed by atoms with E-state index in [9.17, 15) is 13.7 Å². The highest BCUT2D eigenvalue weighted by Crippen LogP contribution is 2.31. The van der Waals surface area contributed by atoms with Crippen molar-refractivity contribution in [2.75, 3.05) is 0 Å². The second-order valence-electron chi connectivity index (χ2n) is 8.06. The second-order valence-corrected chi connectivity index (χ2v) is 10.0. The minimum atomic E-state index is -1.48. The van der Waals surface area contributed by atoms with Gasteiger partial charge in [0.15, 0.2) is 0 Å². The van der Waals surface area contributed by atoms with Crippen molar-refractivity contribution < 1.29 is 18.5 Å². The van der Waals surface area contributed by atoms with Crippen molar-refractivity contribution in [1.29, 1.82) is 0 Å². The van der Waals surface area contributed by atoms with Crippen LogP contribution in [-0.2, 0) is 26.4 Å². The molecule has 1 unspecified atom stereocenters. The van der Waals surface area contributed by atoms with E-state index in [1.165, 1.54) is 6.07 Å². The van der Waals surface area contributed by atoms with Gasteiger partial charge in [0.25, 0.3) is 0 Å². The molecule has 0 aliphatic heterocycles. The quantitative estimate of drug-likeness (QED) is 0.643. The maximum absolute atomic E-state index is 14.3. The van der Waals surface area contributed by atoms with E-state index in [4.69, 9.17) is 4.74 Å². The Hall–Kier alpha value is -1.11. The summed E-state index contributed by atoms with van der Waals surface area (Å²) < 4.78 is 34.6. The second kappa shape index (κ2) is 7.42. The third-order valence-electron chi connectivity index (χ3n) is 3.26. The summed E-state index contributed by atoms with van der Waals surface area (Å²) >= 11 is -1.48. The van der Waals surface area contributed by atoms with Crippen molar-refractivity contribution in [3.05, 3.63) is 35.6 Å². The van der Waals surface area contributed by atoms with Crippen LogP contribution in [0.15, 0.2) is 24.3 Å². The van der Waals surface area contributed by atoms with Gasteiger partial charge in [0, 0.05) is 16.9 Å². The summed E-state index contributed by atoms with van der Waals surface area (Å²) in [7, 11) is 0. The molecule has 0 radical (unpaired) electrons. The molecule has 1 aromatic carbocycles. The molecule has 6 heteroatoms. The summed E-state index contributed by atoms with van der Waals surface area (Å²) in [5.74, 6) is -0.936. The fourth-order valence-corrected chi connectivity index (χ4v) is 3.02. The van der Waals surface area contributed by atoms with E-state index in [1.807, 2.05) is 20.8 Å². The lowest BCUT2D eigenvalue weighted by Crippen LogP contribution is -2.51. The van der Waals surface area contributed by atoms with Crippen LogP contribution in [-0.4, -0.2) is 20.9 Å². The average molecular weight is 357 g/mol. The van der Waals surface area contributed by atoms with E-state index < -0.39 is 39.0 Å². The number of nitrogens with one attached hydrogen (secondary N) is 1. The smallest absolute Gasteiger partial charge is 0.308 e. The summed E-state index contributed by atoms with van der Waals surface area (Å²) in [6, 6.07) is 6.18. The number of hydrogen-bond acceptors (Lipinski definition) is 4. The van der Waals surface area contributed by atoms with Crippen LogP contribution in [0.4, 0.5) is 4.39 Å². The number of carbonyl (C=O) groups excluding carboxylic acids is 1. The predicted molar refractivity (Wildman–Crippen MR) is 95.2 cm³/mol. The van der Waals surface area contributed by atoms with Crippen LogP contribution in [0.2, 0.25) is 0 Å². The standard InChI is InChI=1S/C18H28FNO3S/c1-16(2,3)23-15(21)12-18(7,20-24(22)17(4,5)6)13-10-8-9-11-14(13)19/h8-11,20H,12H2,1-7H3/t18-,24?/m0/s1. The molecule has 1 aromatic rings. The molecular formula is C18H28FNO3S. The number of esters is 1. The molecule has 0 bridgehead atoms. The Morgan fingerprint density at radius 2 is 1.71 bits per heavy atom. The maximum Gasteiger partial charge on any atom is 0.308 e. The number of rotatable bonds is 5. The Bertz CT molecular complexity index is 580. The lowest BCUT2D eigenvalue weighted by atomic mass is 9.89. The zero-order chi connectivity index (χ0) is 18.8. The topological polar surface area (TPSA) is 61.4 Å². The predicted octanol–water partition coefficient (Wildman–Crippen LogP) is 3.82. The van der Waals surface area contributed by atoms with Crippen LogP contribution in [0.25, 0.3) is 0 Å². The van der Waals surface area contributed by atoms with Gasteiger partial charge in [-0.3, -0.25) is 4.79 Å². The summed E-state index contributed by atoms with van der Waals surface area (Å²) in [5.41, 5.74) is -1.50. The van der Waals surface area contributed by atoms with Gasteiger partial charge in [0.05, 0.1) is 12.0 Å². The summed E-state index contributed by atoms with van der Waals surface area (Å²) in [5, 5.41) is 0. The molecule has 0 fully saturated rings. The van der Waals surface area contributed by atoms with Gasteiger partial charge in [-0.1, -0.05) is 18.2 Å². The lowest BCUT2D eigenvalue weighted by Gasteiger charge is -2.35. The number of hydrogen-bond donors (Lipinski definition) is 1. The highest BCUT2D eigenvalue weighted by atomic mass is 32.2. The minimum absolute atomic E-state index is 0.132. The van der Waals surface area contributed by atoms with Gasteiger partial charge in [-0.25, -0.2) is 4.39 Å². The molecule has 0 aliphatic rings. The normalized spacial score (nSPS) is 16.4. The van der Waals surface area contributed by atoms with Crippen LogP contribution in [0, 0.1) is 5.82 Å². The van der Waals surface area contributed by atoms with Gasteiger partial charge in [0.2, 0.25) is 0 Å². The Morgan fingerprint density at radius 3 is 2.17 bits per heavy atom. The fraction of sp³-hybridized carbons (Fsp3) is 0.611. The van der Waals surface area contributed by atoms with Crippen molar-refractivity contribution in [1.82, 2.24) is 4.72 Å². The molecule has 0 amide bonds. The molecule has 0 saturated carbocycles. The largest absolute Gasteiger partial charge is 0.598 e. The molecule has 0 saturated heterocycles. The van der Waals surface area contributed by atoms with E-state index in [0.29, 0.717) is 0 Å². The Morgan fingerprint density at radius 1 is 1.17 bits per heavy atom. The SMILES string of the molecule is CC(C)(C)OC(=O)C[C@](C)(N[S+]([O-])C(C)(C)C)c1ccccc1F. The van der Waals surface area contributed by atoms with Crippen molar-refractivity contribution in [2.24, 2.45) is 0 Å². The van der Waals surface area contributed by atoms with Gasteiger partial charge in [-0.15, -0.1) is 4.72 Å². The number of benzene rings is 1. The Balaban J connectivity index is 3.17. The van der Waals surface area contributed by atoms with E-state index in [1.54, 1.807) is 45.9 Å². The first-order valence-electron chi connectivity index (χ1n) is 7.91. The Kier molecular flexibility index (Phi) is 6.47. The third kappa shape index (κ3) is 6.07. The first-order chi connectivity index (χ1) is 10.7. The molecule has 0 spiro atoms. The van der Waals surface area contributed by atoms with Crippen molar-refractivity contribution in [2.45, 2.75) is 70.8 Å². The molecule has 2 atom stereocenters. The number of halogens is 1. The monoisotopic (exact) mass is 357 g/mol. The van der Waals surface area contributed by atoms with Crippen LogP contribution in [0.3, 0.4) is 0 Å². The minimum Gasteiger partial charge on any atom is -0.598 e. The first-order valence-corrected chi connectivity index (χ1v) is 9.06. The zero-order valence-corrected chi connectivity index (χ0v) is 16.3. The van der Waals surface area contributed by atoms with E-state index in [2.05, 4.69) is 4.72 Å². The summed E-state index contributed by atoms with van der Waals surface area (Å²) in [4.78, 5) is 12.3. The van der Waals surface area contributed by atoms with Gasteiger partial charge in [-0.05, 0) is 54.5 Å². The van der Waals surface area contributed by atoms with Gasteiger partial charge >= 0.3 is 5.97 Å². The Labute approximate surface area is 147 Å². The average Bonchev–Trinajstić information content (AvgIpc) is 2.34. The highest BCUT2D eigenvalue weighted by Gasteiger charge is 2.41. The van der Waals surface area contributed by atoms with E-state index in [0.717, 1.165) is 0 Å². The number of carbonyl (C=O) groups is 1. The van der Waals surface area contributed by atoms with Crippen LogP contribution >= 0.6 is 0 Å². The maximum atomic E-state index is 14.3. The van der Waals surface area contributed by atoms with E-state index >= 15 is 0 Å². The molecule has 24 heavy (non-hydrogen) atoms. The molecule has 0 heterocycles. The molecule has 0 aromatic heterocycles. The van der Waals surface area contributed by atoms with Gasteiger partial charge in [0.1, 0.15) is 16.2 Å². The lowest BCUT2D eigenvalue weighted by molar-refractivity contribution is -0.156. The van der Waals surface area contributed by atoms with Crippen LogP contribution in [0.1, 0.15) is 60.5 Å². The van der Waals surface area contributed by atoms with Crippen LogP contribution in [0.5, 0.6) is 0 Å². The van der Waals surface area contributed by atoms with Crippen molar-refractivity contribution >= 4 is 17.3 Å². The molecule has 1 rings (SSSR count). The molecule has 0 aliphatic carbocycles. The third-order valence-corrected chi connectivity index (χ3v) is 5.01.